The van der Waals surface area contributed by atoms with Crippen LogP contribution in [0.2, 0.25) is 0 Å². The van der Waals surface area contributed by atoms with E-state index in [1.807, 2.05) is 24.3 Å². The van der Waals surface area contributed by atoms with E-state index in [9.17, 15) is 14.7 Å². The average Bonchev–Trinajstić information content (AvgIpc) is 3.14. The number of hydrogen-bond donors (Lipinski definition) is 1. The second kappa shape index (κ2) is 10.9. The highest BCUT2D eigenvalue weighted by molar-refractivity contribution is 6.46. The molecule has 1 fully saturated rings. The van der Waals surface area contributed by atoms with Gasteiger partial charge in [0.1, 0.15) is 17.3 Å². The summed E-state index contributed by atoms with van der Waals surface area (Å²) in [6.07, 6.45) is 5.21. The van der Waals surface area contributed by atoms with Crippen LogP contribution < -0.4 is 9.47 Å². The van der Waals surface area contributed by atoms with Crippen LogP contribution in [0.4, 0.5) is 0 Å². The number of nitrogens with zero attached hydrogens (tertiary/aromatic N) is 2. The first-order valence-corrected chi connectivity index (χ1v) is 11.6. The molecular formula is C28H28N2O5. The molecule has 7 heteroatoms. The highest BCUT2D eigenvalue weighted by atomic mass is 16.5. The maximum absolute atomic E-state index is 13.2. The van der Waals surface area contributed by atoms with Gasteiger partial charge in [-0.25, -0.2) is 0 Å². The van der Waals surface area contributed by atoms with Crippen LogP contribution in [0.25, 0.3) is 5.76 Å². The van der Waals surface area contributed by atoms with Gasteiger partial charge >= 0.3 is 0 Å². The third kappa shape index (κ3) is 5.19. The van der Waals surface area contributed by atoms with E-state index in [4.69, 9.17) is 9.47 Å². The summed E-state index contributed by atoms with van der Waals surface area (Å²) in [5.41, 5.74) is 1.97. The molecule has 3 aromatic rings. The zero-order valence-electron chi connectivity index (χ0n) is 19.8. The van der Waals surface area contributed by atoms with Crippen molar-refractivity contribution in [2.45, 2.75) is 32.4 Å². The van der Waals surface area contributed by atoms with Crippen LogP contribution in [0.3, 0.4) is 0 Å². The van der Waals surface area contributed by atoms with E-state index in [1.165, 1.54) is 4.90 Å². The van der Waals surface area contributed by atoms with E-state index < -0.39 is 17.7 Å². The molecule has 180 valence electrons. The molecule has 0 aliphatic carbocycles. The monoisotopic (exact) mass is 472 g/mol. The molecule has 35 heavy (non-hydrogen) atoms. The minimum Gasteiger partial charge on any atom is -0.507 e. The lowest BCUT2D eigenvalue weighted by atomic mass is 9.95. The third-order valence-electron chi connectivity index (χ3n) is 5.95. The number of amides is 1. The number of likely N-dealkylation sites (tertiary alicyclic amines) is 1. The fourth-order valence-corrected chi connectivity index (χ4v) is 4.09. The average molecular weight is 473 g/mol. The van der Waals surface area contributed by atoms with Crippen LogP contribution in [0.1, 0.15) is 42.5 Å². The fourth-order valence-electron chi connectivity index (χ4n) is 4.09. The number of carbonyl (C=O) groups is 2. The first-order valence-electron chi connectivity index (χ1n) is 11.6. The molecule has 7 nitrogen and oxygen atoms in total. The second-order valence-electron chi connectivity index (χ2n) is 8.29. The summed E-state index contributed by atoms with van der Waals surface area (Å²) in [5.74, 6) is -0.359. The van der Waals surface area contributed by atoms with Gasteiger partial charge in [-0.15, -0.1) is 0 Å². The number of pyridine rings is 1. The number of carbonyl (C=O) groups excluding carboxylic acids is 2. The van der Waals surface area contributed by atoms with E-state index in [-0.39, 0.29) is 17.9 Å². The molecule has 0 spiro atoms. The molecule has 0 saturated carbocycles. The van der Waals surface area contributed by atoms with E-state index in [2.05, 4.69) is 11.9 Å². The van der Waals surface area contributed by atoms with Crippen molar-refractivity contribution in [1.29, 1.82) is 0 Å². The maximum Gasteiger partial charge on any atom is 0.295 e. The molecule has 2 heterocycles. The molecular weight excluding hydrogens is 444 g/mol. The molecule has 2 aromatic carbocycles. The van der Waals surface area contributed by atoms with Crippen molar-refractivity contribution >= 4 is 17.4 Å². The van der Waals surface area contributed by atoms with Crippen molar-refractivity contribution in [3.63, 3.8) is 0 Å². The highest BCUT2D eigenvalue weighted by Crippen LogP contribution is 2.41. The summed E-state index contributed by atoms with van der Waals surface area (Å²) in [5, 5.41) is 11.2. The molecule has 1 aliphatic heterocycles. The van der Waals surface area contributed by atoms with Crippen molar-refractivity contribution in [1.82, 2.24) is 9.88 Å². The number of ether oxygens (including phenoxy) is 2. The molecule has 0 bridgehead atoms. The highest BCUT2D eigenvalue weighted by Gasteiger charge is 2.46. The smallest absolute Gasteiger partial charge is 0.295 e. The number of Topliss-reactive ketones (excluding diaryl/α,β-unsaturated/α-hetero) is 1. The van der Waals surface area contributed by atoms with E-state index >= 15 is 0 Å². The van der Waals surface area contributed by atoms with Gasteiger partial charge < -0.3 is 19.5 Å². The largest absolute Gasteiger partial charge is 0.507 e. The lowest BCUT2D eigenvalue weighted by Crippen LogP contribution is -2.29. The minimum absolute atomic E-state index is 0.0416. The predicted octanol–water partition coefficient (Wildman–Crippen LogP) is 4.89. The number of methoxy groups -OCH3 is 1. The zero-order chi connectivity index (χ0) is 24.8. The van der Waals surface area contributed by atoms with Crippen LogP contribution in [-0.4, -0.2) is 40.4 Å². The fraction of sp³-hybridized carbons (Fsp3) is 0.250. The van der Waals surface area contributed by atoms with Gasteiger partial charge in [0.15, 0.2) is 0 Å². The quantitative estimate of drug-likeness (QED) is 0.206. The molecule has 1 saturated heterocycles. The van der Waals surface area contributed by atoms with Gasteiger partial charge in [0.05, 0.1) is 25.3 Å². The standard InChI is InChI=1S/C28H28N2O5/c1-3-4-16-35-23-7-5-6-21(17-23)25-24(26(31)20-8-10-22(34-2)11-9-20)27(32)28(33)30(25)18-19-12-14-29-15-13-19/h5-15,17,25,31H,3-4,16,18H2,1-2H3. The van der Waals surface area contributed by atoms with Gasteiger partial charge in [0.2, 0.25) is 0 Å². The van der Waals surface area contributed by atoms with Crippen LogP contribution in [0, 0.1) is 0 Å². The number of hydrogen-bond acceptors (Lipinski definition) is 6. The predicted molar refractivity (Wildman–Crippen MR) is 132 cm³/mol. The Balaban J connectivity index is 1.80. The Labute approximate surface area is 204 Å². The Bertz CT molecular complexity index is 1220. The minimum atomic E-state index is -0.778. The zero-order valence-corrected chi connectivity index (χ0v) is 19.8. The normalized spacial score (nSPS) is 17.0. The van der Waals surface area contributed by atoms with Crippen LogP contribution in [-0.2, 0) is 16.1 Å². The summed E-state index contributed by atoms with van der Waals surface area (Å²) in [7, 11) is 1.55. The molecule has 1 atom stereocenters. The lowest BCUT2D eigenvalue weighted by Gasteiger charge is -2.26. The Kier molecular flexibility index (Phi) is 7.45. The van der Waals surface area contributed by atoms with Crippen LogP contribution in [0.5, 0.6) is 11.5 Å². The Morgan fingerprint density at radius 3 is 2.46 bits per heavy atom. The van der Waals surface area contributed by atoms with Crippen molar-refractivity contribution in [2.75, 3.05) is 13.7 Å². The molecule has 1 amide bonds. The van der Waals surface area contributed by atoms with E-state index in [0.29, 0.717) is 29.2 Å². The van der Waals surface area contributed by atoms with Crippen LogP contribution >= 0.6 is 0 Å². The molecule has 1 aliphatic rings. The summed E-state index contributed by atoms with van der Waals surface area (Å²) >= 11 is 0. The number of aliphatic hydroxyl groups is 1. The topological polar surface area (TPSA) is 89.0 Å². The molecule has 1 N–H and O–H groups in total. The Morgan fingerprint density at radius 2 is 1.77 bits per heavy atom. The van der Waals surface area contributed by atoms with Crippen LogP contribution in [0.15, 0.2) is 78.6 Å². The number of benzene rings is 2. The summed E-state index contributed by atoms with van der Waals surface area (Å²) in [4.78, 5) is 32.0. The second-order valence-corrected chi connectivity index (χ2v) is 8.29. The van der Waals surface area contributed by atoms with Crippen molar-refractivity contribution in [2.24, 2.45) is 0 Å². The van der Waals surface area contributed by atoms with Gasteiger partial charge in [-0.1, -0.05) is 25.5 Å². The number of aromatic nitrogens is 1. The third-order valence-corrected chi connectivity index (χ3v) is 5.95. The number of aliphatic hydroxyl groups excluding tert-OH is 1. The van der Waals surface area contributed by atoms with Crippen molar-refractivity contribution in [3.8, 4) is 11.5 Å². The number of unbranched alkanes of at least 4 members (excludes halogenated alkanes) is 1. The first-order chi connectivity index (χ1) is 17.0. The molecule has 1 unspecified atom stereocenters. The van der Waals surface area contributed by atoms with Gasteiger partial charge in [0.25, 0.3) is 11.7 Å². The van der Waals surface area contributed by atoms with Gasteiger partial charge in [-0.3, -0.25) is 14.6 Å². The maximum atomic E-state index is 13.2. The Morgan fingerprint density at radius 1 is 1.03 bits per heavy atom. The molecule has 4 rings (SSSR count). The number of rotatable bonds is 9. The lowest BCUT2D eigenvalue weighted by molar-refractivity contribution is -0.140. The summed E-state index contributed by atoms with van der Waals surface area (Å²) in [6.45, 7) is 2.85. The molecule has 0 radical (unpaired) electrons. The van der Waals surface area contributed by atoms with Gasteiger partial charge in [-0.05, 0) is 66.1 Å². The SMILES string of the molecule is CCCCOc1cccc(C2C(=C(O)c3ccc(OC)cc3)C(=O)C(=O)N2Cc2ccncc2)c1. The molecule has 1 aromatic heterocycles. The van der Waals surface area contributed by atoms with Gasteiger partial charge in [-0.2, -0.15) is 0 Å². The van der Waals surface area contributed by atoms with E-state index in [0.717, 1.165) is 18.4 Å². The van der Waals surface area contributed by atoms with Gasteiger partial charge in [0, 0.05) is 24.5 Å². The van der Waals surface area contributed by atoms with E-state index in [1.54, 1.807) is 55.9 Å². The number of ketones is 1. The van der Waals surface area contributed by atoms with Crippen molar-refractivity contribution < 1.29 is 24.2 Å². The summed E-state index contributed by atoms with van der Waals surface area (Å²) in [6, 6.07) is 16.9. The Hall–Kier alpha value is -4.13. The first kappa shape index (κ1) is 24.0. The summed E-state index contributed by atoms with van der Waals surface area (Å²) < 4.78 is 11.1. The van der Waals surface area contributed by atoms with Crippen molar-refractivity contribution in [3.05, 3.63) is 95.3 Å².